The van der Waals surface area contributed by atoms with E-state index in [0.29, 0.717) is 6.42 Å². The molecule has 19 heavy (non-hydrogen) atoms. The van der Waals surface area contributed by atoms with Crippen molar-refractivity contribution in [1.82, 2.24) is 0 Å². The van der Waals surface area contributed by atoms with Gasteiger partial charge in [0.25, 0.3) is 0 Å². The standard InChI is InChI=1S/C15H13Br2FO/c16-13-3-1-2-10(7-13)12(9-19)6-11-8-14(18)4-5-15(11)17/h1-5,7-8,12,19H,6,9H2. The van der Waals surface area contributed by atoms with E-state index in [-0.39, 0.29) is 18.3 Å². The molecular weight excluding hydrogens is 375 g/mol. The van der Waals surface area contributed by atoms with Gasteiger partial charge in [-0.1, -0.05) is 44.0 Å². The Morgan fingerprint density at radius 2 is 1.89 bits per heavy atom. The lowest BCUT2D eigenvalue weighted by molar-refractivity contribution is 0.264. The van der Waals surface area contributed by atoms with E-state index >= 15 is 0 Å². The highest BCUT2D eigenvalue weighted by molar-refractivity contribution is 9.10. The molecule has 1 nitrogen and oxygen atoms in total. The molecule has 0 aliphatic carbocycles. The molecule has 0 radical (unpaired) electrons. The molecule has 2 aromatic carbocycles. The Morgan fingerprint density at radius 1 is 1.11 bits per heavy atom. The minimum absolute atomic E-state index is 0.0272. The first-order valence-electron chi connectivity index (χ1n) is 5.90. The monoisotopic (exact) mass is 386 g/mol. The summed E-state index contributed by atoms with van der Waals surface area (Å²) in [5.41, 5.74) is 1.90. The minimum Gasteiger partial charge on any atom is -0.396 e. The third-order valence-corrected chi connectivity index (χ3v) is 4.28. The summed E-state index contributed by atoms with van der Waals surface area (Å²) >= 11 is 6.84. The second kappa shape index (κ2) is 6.64. The third kappa shape index (κ3) is 3.88. The van der Waals surface area contributed by atoms with E-state index in [1.165, 1.54) is 12.1 Å². The Bertz CT molecular complexity index is 572. The lowest BCUT2D eigenvalue weighted by atomic mass is 9.93. The number of hydrogen-bond donors (Lipinski definition) is 1. The third-order valence-electron chi connectivity index (χ3n) is 3.01. The van der Waals surface area contributed by atoms with Crippen LogP contribution in [0.3, 0.4) is 0 Å². The summed E-state index contributed by atoms with van der Waals surface area (Å²) in [7, 11) is 0. The molecule has 1 atom stereocenters. The maximum atomic E-state index is 13.3. The van der Waals surface area contributed by atoms with Crippen LogP contribution in [0.2, 0.25) is 0 Å². The van der Waals surface area contributed by atoms with Gasteiger partial charge in [-0.2, -0.15) is 0 Å². The first-order chi connectivity index (χ1) is 9.10. The van der Waals surface area contributed by atoms with Gasteiger partial charge in [0.05, 0.1) is 6.61 Å². The first kappa shape index (κ1) is 14.7. The van der Waals surface area contributed by atoms with Gasteiger partial charge in [-0.15, -0.1) is 0 Å². The number of benzene rings is 2. The topological polar surface area (TPSA) is 20.2 Å². The molecule has 2 rings (SSSR count). The molecule has 0 bridgehead atoms. The summed E-state index contributed by atoms with van der Waals surface area (Å²) in [6, 6.07) is 12.4. The van der Waals surface area contributed by atoms with Crippen molar-refractivity contribution >= 4 is 31.9 Å². The Hall–Kier alpha value is -0.710. The van der Waals surface area contributed by atoms with Crippen molar-refractivity contribution in [2.75, 3.05) is 6.61 Å². The number of halogens is 3. The van der Waals surface area contributed by atoms with E-state index in [1.807, 2.05) is 24.3 Å². The largest absolute Gasteiger partial charge is 0.396 e. The van der Waals surface area contributed by atoms with Gasteiger partial charge in [-0.05, 0) is 47.9 Å². The molecule has 2 aromatic rings. The van der Waals surface area contributed by atoms with Crippen molar-refractivity contribution in [3.05, 3.63) is 68.4 Å². The maximum Gasteiger partial charge on any atom is 0.123 e. The minimum atomic E-state index is -0.260. The van der Waals surface area contributed by atoms with Crippen LogP contribution in [0.5, 0.6) is 0 Å². The normalized spacial score (nSPS) is 12.4. The van der Waals surface area contributed by atoms with Gasteiger partial charge in [0.15, 0.2) is 0 Å². The van der Waals surface area contributed by atoms with E-state index < -0.39 is 0 Å². The average molecular weight is 388 g/mol. The fourth-order valence-electron chi connectivity index (χ4n) is 2.01. The van der Waals surface area contributed by atoms with Crippen LogP contribution in [0.1, 0.15) is 17.0 Å². The number of aliphatic hydroxyl groups excluding tert-OH is 1. The summed E-state index contributed by atoms with van der Waals surface area (Å²) in [6.45, 7) is 0.0272. The Labute approximate surface area is 128 Å². The molecule has 1 unspecified atom stereocenters. The van der Waals surface area contributed by atoms with Gasteiger partial charge in [-0.3, -0.25) is 0 Å². The van der Waals surface area contributed by atoms with E-state index in [0.717, 1.165) is 20.1 Å². The molecule has 0 fully saturated rings. The maximum absolute atomic E-state index is 13.3. The molecule has 100 valence electrons. The highest BCUT2D eigenvalue weighted by Crippen LogP contribution is 2.27. The first-order valence-corrected chi connectivity index (χ1v) is 7.49. The van der Waals surface area contributed by atoms with Crippen LogP contribution in [-0.2, 0) is 6.42 Å². The van der Waals surface area contributed by atoms with Crippen LogP contribution in [0.4, 0.5) is 4.39 Å². The highest BCUT2D eigenvalue weighted by atomic mass is 79.9. The Morgan fingerprint density at radius 3 is 2.58 bits per heavy atom. The van der Waals surface area contributed by atoms with Gasteiger partial charge in [0.2, 0.25) is 0 Å². The summed E-state index contributed by atoms with van der Waals surface area (Å²) in [4.78, 5) is 0. The molecule has 0 saturated heterocycles. The van der Waals surface area contributed by atoms with Crippen LogP contribution < -0.4 is 0 Å². The van der Waals surface area contributed by atoms with Crippen LogP contribution in [-0.4, -0.2) is 11.7 Å². The van der Waals surface area contributed by atoms with Crippen molar-refractivity contribution in [1.29, 1.82) is 0 Å². The zero-order valence-electron chi connectivity index (χ0n) is 10.1. The predicted octanol–water partition coefficient (Wildman–Crippen LogP) is 4.67. The summed E-state index contributed by atoms with van der Waals surface area (Å²) in [5.74, 6) is -0.306. The lowest BCUT2D eigenvalue weighted by Crippen LogP contribution is -2.08. The van der Waals surface area contributed by atoms with Crippen molar-refractivity contribution < 1.29 is 9.50 Å². The van der Waals surface area contributed by atoms with E-state index in [9.17, 15) is 9.50 Å². The Kier molecular flexibility index (Phi) is 5.13. The molecule has 1 N–H and O–H groups in total. The summed E-state index contributed by atoms with van der Waals surface area (Å²) in [5, 5.41) is 9.57. The molecular formula is C15H13Br2FO. The zero-order valence-corrected chi connectivity index (χ0v) is 13.3. The van der Waals surface area contributed by atoms with Crippen molar-refractivity contribution in [2.24, 2.45) is 0 Å². The van der Waals surface area contributed by atoms with E-state index in [2.05, 4.69) is 31.9 Å². The quantitative estimate of drug-likeness (QED) is 0.808. The lowest BCUT2D eigenvalue weighted by Gasteiger charge is -2.16. The Balaban J connectivity index is 2.26. The molecule has 0 aliphatic rings. The van der Waals surface area contributed by atoms with Crippen LogP contribution in [0, 0.1) is 5.82 Å². The van der Waals surface area contributed by atoms with Crippen LogP contribution in [0.15, 0.2) is 51.4 Å². The second-order valence-electron chi connectivity index (χ2n) is 4.37. The number of aliphatic hydroxyl groups is 1. The molecule has 0 saturated carbocycles. The van der Waals surface area contributed by atoms with E-state index in [4.69, 9.17) is 0 Å². The molecule has 0 spiro atoms. The van der Waals surface area contributed by atoms with E-state index in [1.54, 1.807) is 6.07 Å². The van der Waals surface area contributed by atoms with Gasteiger partial charge in [-0.25, -0.2) is 4.39 Å². The predicted molar refractivity (Wildman–Crippen MR) is 81.8 cm³/mol. The molecule has 0 amide bonds. The van der Waals surface area contributed by atoms with Gasteiger partial charge < -0.3 is 5.11 Å². The SMILES string of the molecule is OCC(Cc1cc(F)ccc1Br)c1cccc(Br)c1. The molecule has 0 aromatic heterocycles. The van der Waals surface area contributed by atoms with Crippen LogP contribution in [0.25, 0.3) is 0 Å². The van der Waals surface area contributed by atoms with Gasteiger partial charge in [0.1, 0.15) is 5.82 Å². The van der Waals surface area contributed by atoms with Gasteiger partial charge >= 0.3 is 0 Å². The number of rotatable bonds is 4. The summed E-state index contributed by atoms with van der Waals surface area (Å²) in [6.07, 6.45) is 0.589. The molecule has 4 heteroatoms. The second-order valence-corrected chi connectivity index (χ2v) is 6.14. The zero-order chi connectivity index (χ0) is 13.8. The smallest absolute Gasteiger partial charge is 0.123 e. The fourth-order valence-corrected chi connectivity index (χ4v) is 2.84. The van der Waals surface area contributed by atoms with Crippen molar-refractivity contribution in [3.8, 4) is 0 Å². The summed E-state index contributed by atoms with van der Waals surface area (Å²) < 4.78 is 15.1. The van der Waals surface area contributed by atoms with Crippen molar-refractivity contribution in [3.63, 3.8) is 0 Å². The average Bonchev–Trinajstić information content (AvgIpc) is 2.39. The molecule has 0 aliphatic heterocycles. The van der Waals surface area contributed by atoms with Crippen molar-refractivity contribution in [2.45, 2.75) is 12.3 Å². The molecule has 0 heterocycles. The van der Waals surface area contributed by atoms with Crippen LogP contribution >= 0.6 is 31.9 Å². The van der Waals surface area contributed by atoms with Gasteiger partial charge in [0, 0.05) is 14.9 Å². The fraction of sp³-hybridized carbons (Fsp3) is 0.200. The number of hydrogen-bond acceptors (Lipinski definition) is 1. The highest BCUT2D eigenvalue weighted by Gasteiger charge is 2.14.